The maximum Gasteiger partial charge on any atom is 0.0357 e. The van der Waals surface area contributed by atoms with Gasteiger partial charge in [0, 0.05) is 18.6 Å². The maximum absolute atomic E-state index is 6.03. The van der Waals surface area contributed by atoms with Gasteiger partial charge in [-0.1, -0.05) is 13.8 Å². The Labute approximate surface area is 93.4 Å². The van der Waals surface area contributed by atoms with Gasteiger partial charge < -0.3 is 16.0 Å². The van der Waals surface area contributed by atoms with Crippen molar-refractivity contribution < 1.29 is 0 Å². The Morgan fingerprint density at radius 3 is 2.93 bits per heavy atom. The average molecular weight is 211 g/mol. The van der Waals surface area contributed by atoms with Gasteiger partial charge in [-0.15, -0.1) is 0 Å². The van der Waals surface area contributed by atoms with Gasteiger partial charge in [0.25, 0.3) is 0 Å². The largest absolute Gasteiger partial charge is 0.329 e. The number of nitrogens with two attached hydrogens (primary N) is 1. The average Bonchev–Trinajstić information content (AvgIpc) is 2.63. The van der Waals surface area contributed by atoms with Crippen LogP contribution in [-0.2, 0) is 0 Å². The second-order valence-corrected chi connectivity index (χ2v) is 5.67. The highest BCUT2D eigenvalue weighted by molar-refractivity contribution is 5.03. The lowest BCUT2D eigenvalue weighted by Gasteiger charge is -2.43. The van der Waals surface area contributed by atoms with Gasteiger partial charge in [0.15, 0.2) is 0 Å². The minimum Gasteiger partial charge on any atom is -0.329 e. The van der Waals surface area contributed by atoms with E-state index in [9.17, 15) is 0 Å². The summed E-state index contributed by atoms with van der Waals surface area (Å²) < 4.78 is 0. The summed E-state index contributed by atoms with van der Waals surface area (Å²) in [5, 5.41) is 3.76. The fourth-order valence-electron chi connectivity index (χ4n) is 3.03. The van der Waals surface area contributed by atoms with E-state index in [1.54, 1.807) is 0 Å². The summed E-state index contributed by atoms with van der Waals surface area (Å²) >= 11 is 0. The molecule has 88 valence electrons. The third-order valence-electron chi connectivity index (χ3n) is 4.15. The van der Waals surface area contributed by atoms with E-state index in [0.29, 0.717) is 5.92 Å². The summed E-state index contributed by atoms with van der Waals surface area (Å²) in [5.41, 5.74) is 6.28. The van der Waals surface area contributed by atoms with Gasteiger partial charge >= 0.3 is 0 Å². The molecule has 3 heteroatoms. The van der Waals surface area contributed by atoms with Gasteiger partial charge in [0.1, 0.15) is 0 Å². The zero-order valence-electron chi connectivity index (χ0n) is 10.1. The summed E-state index contributed by atoms with van der Waals surface area (Å²) in [5.74, 6) is 1.50. The number of nitrogens with zero attached hydrogens (tertiary/aromatic N) is 1. The molecule has 0 spiro atoms. The highest BCUT2D eigenvalue weighted by Crippen LogP contribution is 2.34. The third-order valence-corrected chi connectivity index (χ3v) is 4.15. The van der Waals surface area contributed by atoms with Crippen LogP contribution in [0.15, 0.2) is 0 Å². The predicted molar refractivity (Wildman–Crippen MR) is 63.8 cm³/mol. The van der Waals surface area contributed by atoms with Gasteiger partial charge in [0.05, 0.1) is 0 Å². The Morgan fingerprint density at radius 2 is 2.27 bits per heavy atom. The molecule has 0 aromatic rings. The van der Waals surface area contributed by atoms with Crippen LogP contribution in [0.3, 0.4) is 0 Å². The Morgan fingerprint density at radius 1 is 1.47 bits per heavy atom. The zero-order chi connectivity index (χ0) is 10.9. The van der Waals surface area contributed by atoms with Crippen LogP contribution in [-0.4, -0.2) is 43.2 Å². The van der Waals surface area contributed by atoms with Crippen LogP contribution in [0.2, 0.25) is 0 Å². The molecule has 2 heterocycles. The Hall–Kier alpha value is -0.120. The topological polar surface area (TPSA) is 41.3 Å². The molecule has 3 nitrogen and oxygen atoms in total. The second kappa shape index (κ2) is 4.40. The molecule has 2 rings (SSSR count). The first kappa shape index (κ1) is 11.4. The lowest BCUT2D eigenvalue weighted by Crippen LogP contribution is -2.61. The van der Waals surface area contributed by atoms with Crippen LogP contribution in [0.1, 0.15) is 26.7 Å². The first-order valence-electron chi connectivity index (χ1n) is 6.34. The van der Waals surface area contributed by atoms with E-state index in [1.807, 2.05) is 0 Å². The molecule has 0 amide bonds. The standard InChI is InChI=1S/C12H25N3/c1-10(2)7-14-12(9-13)4-6-15-5-3-11(12)8-15/h10-11,14H,3-9,13H2,1-2H3. The molecule has 3 unspecified atom stereocenters. The molecule has 0 radical (unpaired) electrons. The summed E-state index contributed by atoms with van der Waals surface area (Å²) in [4.78, 5) is 2.58. The zero-order valence-corrected chi connectivity index (χ0v) is 10.1. The third kappa shape index (κ3) is 2.19. The summed E-state index contributed by atoms with van der Waals surface area (Å²) in [6, 6.07) is 0. The quantitative estimate of drug-likeness (QED) is 0.717. The molecular formula is C12H25N3. The van der Waals surface area contributed by atoms with Crippen LogP contribution >= 0.6 is 0 Å². The molecule has 3 atom stereocenters. The van der Waals surface area contributed by atoms with Crippen molar-refractivity contribution in [2.75, 3.05) is 32.7 Å². The molecule has 2 aliphatic rings. The number of hydrogen-bond donors (Lipinski definition) is 2. The smallest absolute Gasteiger partial charge is 0.0357 e. The van der Waals surface area contributed by atoms with Gasteiger partial charge in [-0.2, -0.15) is 0 Å². The Kier molecular flexibility index (Phi) is 3.33. The fourth-order valence-corrected chi connectivity index (χ4v) is 3.03. The van der Waals surface area contributed by atoms with Crippen LogP contribution < -0.4 is 11.1 Å². The van der Waals surface area contributed by atoms with Gasteiger partial charge in [-0.25, -0.2) is 0 Å². The molecule has 2 aliphatic heterocycles. The maximum atomic E-state index is 6.03. The summed E-state index contributed by atoms with van der Waals surface area (Å²) in [6.07, 6.45) is 2.57. The van der Waals surface area contributed by atoms with Crippen molar-refractivity contribution in [2.45, 2.75) is 32.2 Å². The number of hydrogen-bond acceptors (Lipinski definition) is 3. The highest BCUT2D eigenvalue weighted by atomic mass is 15.2. The lowest BCUT2D eigenvalue weighted by molar-refractivity contribution is 0.133. The van der Waals surface area contributed by atoms with Gasteiger partial charge in [0.2, 0.25) is 0 Å². The first-order valence-corrected chi connectivity index (χ1v) is 6.34. The van der Waals surface area contributed by atoms with E-state index in [1.165, 1.54) is 32.5 Å². The summed E-state index contributed by atoms with van der Waals surface area (Å²) in [7, 11) is 0. The lowest BCUT2D eigenvalue weighted by atomic mass is 9.78. The highest BCUT2D eigenvalue weighted by Gasteiger charge is 2.44. The first-order chi connectivity index (χ1) is 7.16. The van der Waals surface area contributed by atoms with Gasteiger partial charge in [-0.3, -0.25) is 0 Å². The molecule has 0 aromatic heterocycles. The van der Waals surface area contributed by atoms with Crippen molar-refractivity contribution in [3.05, 3.63) is 0 Å². The minimum atomic E-state index is 0.247. The molecule has 2 saturated heterocycles. The monoisotopic (exact) mass is 211 g/mol. The molecule has 0 aliphatic carbocycles. The molecule has 2 fully saturated rings. The fraction of sp³-hybridized carbons (Fsp3) is 1.00. The van der Waals surface area contributed by atoms with E-state index in [2.05, 4.69) is 24.1 Å². The van der Waals surface area contributed by atoms with Crippen LogP contribution in [0.25, 0.3) is 0 Å². The molecule has 15 heavy (non-hydrogen) atoms. The molecule has 2 bridgehead atoms. The Bertz CT molecular complexity index is 217. The van der Waals surface area contributed by atoms with Crippen LogP contribution in [0, 0.1) is 11.8 Å². The van der Waals surface area contributed by atoms with Crippen LogP contribution in [0.5, 0.6) is 0 Å². The molecule has 3 N–H and O–H groups in total. The van der Waals surface area contributed by atoms with E-state index < -0.39 is 0 Å². The molecule has 0 aromatic carbocycles. The number of piperidine rings is 1. The van der Waals surface area contributed by atoms with E-state index in [-0.39, 0.29) is 5.54 Å². The Balaban J connectivity index is 2.00. The normalized spacial score (nSPS) is 40.0. The summed E-state index contributed by atoms with van der Waals surface area (Å²) in [6.45, 7) is 10.2. The number of rotatable bonds is 4. The SMILES string of the molecule is CC(C)CNC1(CN)CCN2CCC1C2. The molecular weight excluding hydrogens is 186 g/mol. The minimum absolute atomic E-state index is 0.247. The van der Waals surface area contributed by atoms with Crippen molar-refractivity contribution >= 4 is 0 Å². The second-order valence-electron chi connectivity index (χ2n) is 5.67. The van der Waals surface area contributed by atoms with Crippen molar-refractivity contribution in [3.8, 4) is 0 Å². The number of fused-ring (bicyclic) bond motifs is 2. The van der Waals surface area contributed by atoms with E-state index in [0.717, 1.165) is 19.0 Å². The van der Waals surface area contributed by atoms with Gasteiger partial charge in [-0.05, 0) is 44.3 Å². The van der Waals surface area contributed by atoms with Crippen molar-refractivity contribution in [1.29, 1.82) is 0 Å². The predicted octanol–water partition coefficient (Wildman–Crippen LogP) is 0.655. The van der Waals surface area contributed by atoms with Crippen molar-refractivity contribution in [2.24, 2.45) is 17.6 Å². The van der Waals surface area contributed by atoms with E-state index >= 15 is 0 Å². The van der Waals surface area contributed by atoms with Crippen molar-refractivity contribution in [3.63, 3.8) is 0 Å². The van der Waals surface area contributed by atoms with Crippen molar-refractivity contribution in [1.82, 2.24) is 10.2 Å². The van der Waals surface area contributed by atoms with E-state index in [4.69, 9.17) is 5.73 Å². The number of nitrogens with one attached hydrogen (secondary N) is 1. The molecule has 0 saturated carbocycles. The van der Waals surface area contributed by atoms with Crippen LogP contribution in [0.4, 0.5) is 0 Å².